The molecular weight excluding hydrogens is 424 g/mol. The summed E-state index contributed by atoms with van der Waals surface area (Å²) in [6.07, 6.45) is 0.405. The third-order valence-corrected chi connectivity index (χ3v) is 7.02. The maximum Gasteiger partial charge on any atom is 0.177 e. The molecule has 0 aromatic heterocycles. The number of rotatable bonds is 6. The summed E-state index contributed by atoms with van der Waals surface area (Å²) in [5.41, 5.74) is 0.705. The maximum absolute atomic E-state index is 13.7. The predicted molar refractivity (Wildman–Crippen MR) is 120 cm³/mol. The first-order valence-corrected chi connectivity index (χ1v) is 11.4. The molecule has 1 aromatic rings. The molecule has 2 aliphatic rings. The highest BCUT2D eigenvalue weighted by Gasteiger charge is 2.52. The average Bonchev–Trinajstić information content (AvgIpc) is 2.66. The fourth-order valence-corrected chi connectivity index (χ4v) is 5.58. The van der Waals surface area contributed by atoms with E-state index in [1.807, 2.05) is 20.8 Å². The van der Waals surface area contributed by atoms with E-state index in [9.17, 15) is 34.2 Å². The lowest BCUT2D eigenvalue weighted by atomic mass is 9.58. The third-order valence-electron chi connectivity index (χ3n) is 7.02. The second-order valence-corrected chi connectivity index (χ2v) is 10.5. The van der Waals surface area contributed by atoms with E-state index in [2.05, 4.69) is 0 Å². The first-order valence-electron chi connectivity index (χ1n) is 11.4. The molecule has 2 N–H and O–H groups in total. The minimum absolute atomic E-state index is 0.000556. The topological polar surface area (TPSA) is 126 Å². The van der Waals surface area contributed by atoms with Crippen molar-refractivity contribution in [1.29, 1.82) is 0 Å². The van der Waals surface area contributed by atoms with Gasteiger partial charge >= 0.3 is 0 Å². The summed E-state index contributed by atoms with van der Waals surface area (Å²) in [6, 6.07) is 1.64. The summed E-state index contributed by atoms with van der Waals surface area (Å²) >= 11 is 0. The van der Waals surface area contributed by atoms with Crippen LogP contribution in [0.5, 0.6) is 5.75 Å². The van der Waals surface area contributed by atoms with Gasteiger partial charge in [0.05, 0.1) is 23.8 Å². The number of aliphatic hydroxyl groups is 1. The summed E-state index contributed by atoms with van der Waals surface area (Å²) in [7, 11) is 0. The number of carbonyl (C=O) groups excluding carboxylic acids is 5. The van der Waals surface area contributed by atoms with Gasteiger partial charge in [0.25, 0.3) is 0 Å². The Kier molecular flexibility index (Phi) is 6.76. The number of hydrogen-bond donors (Lipinski definition) is 2. The minimum Gasteiger partial charge on any atom is -0.507 e. The second-order valence-electron chi connectivity index (χ2n) is 10.5. The smallest absolute Gasteiger partial charge is 0.177 e. The van der Waals surface area contributed by atoms with Crippen LogP contribution in [0.4, 0.5) is 0 Å². The van der Waals surface area contributed by atoms with Gasteiger partial charge in [-0.1, -0.05) is 20.8 Å². The fraction of sp³-hybridized carbons (Fsp3) is 0.577. The highest BCUT2D eigenvalue weighted by Crippen LogP contribution is 2.48. The lowest BCUT2D eigenvalue weighted by molar-refractivity contribution is -0.142. The van der Waals surface area contributed by atoms with Crippen LogP contribution in [-0.4, -0.2) is 45.7 Å². The molecule has 0 amide bonds. The van der Waals surface area contributed by atoms with Crippen LogP contribution in [0, 0.1) is 23.7 Å². The van der Waals surface area contributed by atoms with Crippen LogP contribution in [0.25, 0.3) is 0 Å². The largest absolute Gasteiger partial charge is 0.507 e. The normalized spacial score (nSPS) is 24.8. The number of hydrogen-bond acceptors (Lipinski definition) is 7. The Labute approximate surface area is 193 Å². The van der Waals surface area contributed by atoms with Gasteiger partial charge in [-0.2, -0.15) is 0 Å². The van der Waals surface area contributed by atoms with Gasteiger partial charge in [-0.15, -0.1) is 0 Å². The Morgan fingerprint density at radius 3 is 2.27 bits per heavy atom. The van der Waals surface area contributed by atoms with Crippen molar-refractivity contribution in [3.63, 3.8) is 0 Å². The highest BCUT2D eigenvalue weighted by atomic mass is 16.3. The number of ketones is 5. The molecule has 0 spiro atoms. The SMILES string of the molecule is CC(=O)CC(=O)C1C(=O)C2C(=O)c3c(O)c(C(C)(C)C)cc(C(C)=O)c3CC2CC1CCO. The van der Waals surface area contributed by atoms with Crippen molar-refractivity contribution >= 4 is 28.9 Å². The highest BCUT2D eigenvalue weighted by molar-refractivity contribution is 6.21. The molecule has 0 saturated heterocycles. The Bertz CT molecular complexity index is 1040. The lowest BCUT2D eigenvalue weighted by Gasteiger charge is -2.42. The molecule has 4 unspecified atom stereocenters. The average molecular weight is 457 g/mol. The van der Waals surface area contributed by atoms with E-state index in [1.165, 1.54) is 13.8 Å². The Hall–Kier alpha value is -2.67. The molecule has 0 radical (unpaired) electrons. The van der Waals surface area contributed by atoms with Crippen LogP contribution in [0.2, 0.25) is 0 Å². The molecular formula is C26H32O7. The molecule has 178 valence electrons. The van der Waals surface area contributed by atoms with E-state index in [1.54, 1.807) is 6.07 Å². The number of aromatic hydroxyl groups is 1. The monoisotopic (exact) mass is 456 g/mol. The van der Waals surface area contributed by atoms with Gasteiger partial charge in [0.15, 0.2) is 23.1 Å². The molecule has 3 rings (SSSR count). The second kappa shape index (κ2) is 8.93. The first kappa shape index (κ1) is 25.0. The molecule has 0 heterocycles. The number of benzene rings is 1. The molecule has 2 aliphatic carbocycles. The lowest BCUT2D eigenvalue weighted by Crippen LogP contribution is -2.50. The summed E-state index contributed by atoms with van der Waals surface area (Å²) in [4.78, 5) is 64.0. The summed E-state index contributed by atoms with van der Waals surface area (Å²) in [5.74, 6) is -5.62. The van der Waals surface area contributed by atoms with Gasteiger partial charge < -0.3 is 10.2 Å². The minimum atomic E-state index is -1.13. The van der Waals surface area contributed by atoms with Crippen molar-refractivity contribution in [2.75, 3.05) is 6.61 Å². The predicted octanol–water partition coefficient (Wildman–Crippen LogP) is 3.00. The zero-order valence-electron chi connectivity index (χ0n) is 19.9. The van der Waals surface area contributed by atoms with Gasteiger partial charge in [0, 0.05) is 17.7 Å². The summed E-state index contributed by atoms with van der Waals surface area (Å²) in [6.45, 7) is 8.03. The quantitative estimate of drug-likeness (QED) is 0.498. The number of phenolic OH excluding ortho intramolecular Hbond substituents is 1. The molecule has 1 aromatic carbocycles. The Balaban J connectivity index is 2.16. The van der Waals surface area contributed by atoms with E-state index in [0.29, 0.717) is 23.1 Å². The van der Waals surface area contributed by atoms with Crippen molar-refractivity contribution < 1.29 is 34.2 Å². The van der Waals surface area contributed by atoms with Gasteiger partial charge in [0.2, 0.25) is 0 Å². The zero-order chi connectivity index (χ0) is 24.8. The van der Waals surface area contributed by atoms with Crippen molar-refractivity contribution in [2.24, 2.45) is 23.7 Å². The Morgan fingerprint density at radius 2 is 1.76 bits per heavy atom. The van der Waals surface area contributed by atoms with Crippen molar-refractivity contribution in [1.82, 2.24) is 0 Å². The third kappa shape index (κ3) is 4.43. The van der Waals surface area contributed by atoms with Gasteiger partial charge in [-0.25, -0.2) is 0 Å². The molecule has 7 heteroatoms. The number of phenols is 1. The van der Waals surface area contributed by atoms with Gasteiger partial charge in [-0.3, -0.25) is 24.0 Å². The van der Waals surface area contributed by atoms with E-state index in [4.69, 9.17) is 0 Å². The number of fused-ring (bicyclic) bond motifs is 2. The molecule has 0 aliphatic heterocycles. The Morgan fingerprint density at radius 1 is 1.12 bits per heavy atom. The van der Waals surface area contributed by atoms with E-state index >= 15 is 0 Å². The molecule has 1 saturated carbocycles. The standard InChI is InChI=1S/C26H32O7/c1-12(28)8-19(30)20-14(6-7-27)9-15-10-17-16(13(2)29)11-18(26(3,4)5)23(31)22(17)25(33)21(15)24(20)32/h11,14-15,20-21,27,31H,6-10H2,1-5H3. The molecule has 7 nitrogen and oxygen atoms in total. The van der Waals surface area contributed by atoms with Crippen molar-refractivity contribution in [2.45, 2.75) is 65.7 Å². The van der Waals surface area contributed by atoms with Crippen LogP contribution in [0.3, 0.4) is 0 Å². The fourth-order valence-electron chi connectivity index (χ4n) is 5.58. The van der Waals surface area contributed by atoms with Gasteiger partial charge in [-0.05, 0) is 62.0 Å². The van der Waals surface area contributed by atoms with Crippen LogP contribution in [0.15, 0.2) is 6.07 Å². The summed E-state index contributed by atoms with van der Waals surface area (Å²) in [5, 5.41) is 20.6. The molecule has 33 heavy (non-hydrogen) atoms. The van der Waals surface area contributed by atoms with Crippen LogP contribution >= 0.6 is 0 Å². The zero-order valence-corrected chi connectivity index (χ0v) is 19.9. The van der Waals surface area contributed by atoms with Crippen molar-refractivity contribution in [3.05, 3.63) is 28.3 Å². The van der Waals surface area contributed by atoms with Crippen molar-refractivity contribution in [3.8, 4) is 5.75 Å². The molecule has 4 atom stereocenters. The van der Waals surface area contributed by atoms with E-state index in [0.717, 1.165) is 0 Å². The number of carbonyl (C=O) groups is 5. The van der Waals surface area contributed by atoms with Crippen LogP contribution in [0.1, 0.15) is 85.7 Å². The van der Waals surface area contributed by atoms with Crippen LogP contribution < -0.4 is 0 Å². The number of Topliss-reactive ketones (excluding diaryl/α,β-unsaturated/α-hetero) is 5. The van der Waals surface area contributed by atoms with Gasteiger partial charge in [0.1, 0.15) is 11.5 Å². The van der Waals surface area contributed by atoms with E-state index < -0.39 is 52.9 Å². The molecule has 0 bridgehead atoms. The maximum atomic E-state index is 13.7. The summed E-state index contributed by atoms with van der Waals surface area (Å²) < 4.78 is 0. The first-order chi connectivity index (χ1) is 15.3. The molecule has 1 fully saturated rings. The van der Waals surface area contributed by atoms with Crippen LogP contribution in [-0.2, 0) is 26.2 Å². The van der Waals surface area contributed by atoms with E-state index in [-0.39, 0.29) is 42.3 Å². The number of aliphatic hydroxyl groups excluding tert-OH is 1.